The Balaban J connectivity index is 2.25. The standard InChI is InChI=1S/C16H25N3O2/c1-16(18,9-5-6-11-19-12-10-17)15(20)21-13-14-7-3-2-4-8-14/h2-4,7-8,10,17,19H,5-6,9,11-13,18H2,1H3. The fourth-order valence-corrected chi connectivity index (χ4v) is 1.91. The molecule has 5 nitrogen and oxygen atoms in total. The van der Waals surface area contributed by atoms with E-state index in [4.69, 9.17) is 15.9 Å². The maximum atomic E-state index is 12.0. The molecule has 1 atom stereocenters. The van der Waals surface area contributed by atoms with Crippen LogP contribution in [0.25, 0.3) is 0 Å². The average molecular weight is 291 g/mol. The first-order valence-corrected chi connectivity index (χ1v) is 7.26. The molecule has 1 unspecified atom stereocenters. The van der Waals surface area contributed by atoms with Crippen LogP contribution in [0.4, 0.5) is 0 Å². The van der Waals surface area contributed by atoms with Crippen LogP contribution in [0.1, 0.15) is 31.7 Å². The van der Waals surface area contributed by atoms with Gasteiger partial charge in [-0.1, -0.05) is 30.3 Å². The molecule has 116 valence electrons. The first-order valence-electron chi connectivity index (χ1n) is 7.26. The minimum Gasteiger partial charge on any atom is -0.459 e. The molecule has 0 spiro atoms. The molecule has 1 rings (SSSR count). The molecule has 0 radical (unpaired) electrons. The van der Waals surface area contributed by atoms with E-state index >= 15 is 0 Å². The van der Waals surface area contributed by atoms with Gasteiger partial charge in [-0.05, 0) is 38.3 Å². The highest BCUT2D eigenvalue weighted by Crippen LogP contribution is 2.14. The van der Waals surface area contributed by atoms with Crippen molar-refractivity contribution in [2.75, 3.05) is 13.1 Å². The highest BCUT2D eigenvalue weighted by atomic mass is 16.5. The van der Waals surface area contributed by atoms with Crippen molar-refractivity contribution in [3.05, 3.63) is 35.9 Å². The molecule has 1 aromatic carbocycles. The first kappa shape index (κ1) is 17.3. The zero-order chi connectivity index (χ0) is 15.6. The summed E-state index contributed by atoms with van der Waals surface area (Å²) in [5.41, 5.74) is 6.04. The van der Waals surface area contributed by atoms with Crippen molar-refractivity contribution in [2.24, 2.45) is 5.73 Å². The lowest BCUT2D eigenvalue weighted by Gasteiger charge is -2.22. The third-order valence-electron chi connectivity index (χ3n) is 3.23. The topological polar surface area (TPSA) is 88.2 Å². The maximum Gasteiger partial charge on any atom is 0.326 e. The van der Waals surface area contributed by atoms with Crippen molar-refractivity contribution >= 4 is 12.2 Å². The van der Waals surface area contributed by atoms with Crippen LogP contribution in [0.2, 0.25) is 0 Å². The summed E-state index contributed by atoms with van der Waals surface area (Å²) >= 11 is 0. The Morgan fingerprint density at radius 2 is 2.10 bits per heavy atom. The smallest absolute Gasteiger partial charge is 0.326 e. The van der Waals surface area contributed by atoms with E-state index in [2.05, 4.69) is 5.32 Å². The SMILES string of the molecule is CC(N)(CCCCNCC=N)C(=O)OCc1ccccc1. The number of rotatable bonds is 10. The van der Waals surface area contributed by atoms with Crippen LogP contribution >= 0.6 is 0 Å². The molecule has 0 saturated heterocycles. The zero-order valence-corrected chi connectivity index (χ0v) is 12.6. The number of ether oxygens (including phenoxy) is 1. The summed E-state index contributed by atoms with van der Waals surface area (Å²) < 4.78 is 5.28. The van der Waals surface area contributed by atoms with E-state index in [1.807, 2.05) is 30.3 Å². The van der Waals surface area contributed by atoms with Crippen LogP contribution in [-0.2, 0) is 16.1 Å². The van der Waals surface area contributed by atoms with Crippen LogP contribution in [0.15, 0.2) is 30.3 Å². The third-order valence-corrected chi connectivity index (χ3v) is 3.23. The fourth-order valence-electron chi connectivity index (χ4n) is 1.91. The van der Waals surface area contributed by atoms with Gasteiger partial charge in [0.15, 0.2) is 0 Å². The number of carbonyl (C=O) groups is 1. The summed E-state index contributed by atoms with van der Waals surface area (Å²) in [6.07, 6.45) is 3.69. The molecule has 0 heterocycles. The molecule has 0 bridgehead atoms. The molecule has 0 amide bonds. The van der Waals surface area contributed by atoms with E-state index in [0.29, 0.717) is 13.0 Å². The zero-order valence-electron chi connectivity index (χ0n) is 12.6. The molecule has 0 saturated carbocycles. The summed E-state index contributed by atoms with van der Waals surface area (Å²) in [4.78, 5) is 12.0. The van der Waals surface area contributed by atoms with Crippen molar-refractivity contribution in [1.29, 1.82) is 5.41 Å². The van der Waals surface area contributed by atoms with E-state index < -0.39 is 5.54 Å². The molecule has 0 aliphatic carbocycles. The Hall–Kier alpha value is -1.72. The molecule has 21 heavy (non-hydrogen) atoms. The summed E-state index contributed by atoms with van der Waals surface area (Å²) in [6.45, 7) is 3.38. The lowest BCUT2D eigenvalue weighted by molar-refractivity contribution is -0.151. The average Bonchev–Trinajstić information content (AvgIpc) is 2.49. The van der Waals surface area contributed by atoms with Gasteiger partial charge in [-0.15, -0.1) is 0 Å². The predicted molar refractivity (Wildman–Crippen MR) is 84.3 cm³/mol. The molecule has 0 aromatic heterocycles. The van der Waals surface area contributed by atoms with Gasteiger partial charge in [-0.2, -0.15) is 0 Å². The molecular formula is C16H25N3O2. The number of esters is 1. The van der Waals surface area contributed by atoms with E-state index in [9.17, 15) is 4.79 Å². The monoisotopic (exact) mass is 291 g/mol. The van der Waals surface area contributed by atoms with Crippen molar-refractivity contribution in [1.82, 2.24) is 5.32 Å². The Morgan fingerprint density at radius 3 is 2.76 bits per heavy atom. The van der Waals surface area contributed by atoms with Crippen molar-refractivity contribution in [3.8, 4) is 0 Å². The van der Waals surface area contributed by atoms with Crippen LogP contribution in [-0.4, -0.2) is 30.8 Å². The van der Waals surface area contributed by atoms with E-state index in [1.54, 1.807) is 6.92 Å². The molecule has 1 aromatic rings. The van der Waals surface area contributed by atoms with Gasteiger partial charge in [-0.25, -0.2) is 0 Å². The quantitative estimate of drug-likeness (QED) is 0.349. The predicted octanol–water partition coefficient (Wildman–Crippen LogP) is 1.86. The minimum absolute atomic E-state index is 0.257. The third kappa shape index (κ3) is 7.02. The van der Waals surface area contributed by atoms with E-state index in [-0.39, 0.29) is 12.6 Å². The first-order chi connectivity index (χ1) is 10.1. The second-order valence-corrected chi connectivity index (χ2v) is 5.34. The van der Waals surface area contributed by atoms with Gasteiger partial charge in [0.1, 0.15) is 12.1 Å². The molecule has 4 N–H and O–H groups in total. The largest absolute Gasteiger partial charge is 0.459 e. The summed E-state index contributed by atoms with van der Waals surface area (Å²) in [7, 11) is 0. The van der Waals surface area contributed by atoms with Gasteiger partial charge >= 0.3 is 5.97 Å². The van der Waals surface area contributed by atoms with Gasteiger partial charge in [0.05, 0.1) is 0 Å². The fraction of sp³-hybridized carbons (Fsp3) is 0.500. The van der Waals surface area contributed by atoms with Gasteiger partial charge in [0.2, 0.25) is 0 Å². The van der Waals surface area contributed by atoms with Crippen LogP contribution in [0, 0.1) is 5.41 Å². The van der Waals surface area contributed by atoms with Gasteiger partial charge < -0.3 is 21.2 Å². The number of nitrogens with two attached hydrogens (primary N) is 1. The number of unbranched alkanes of at least 4 members (excludes halogenated alkanes) is 1. The molecule has 0 aliphatic rings. The van der Waals surface area contributed by atoms with Gasteiger partial charge in [0, 0.05) is 12.8 Å². The second kappa shape index (κ2) is 9.26. The summed E-state index contributed by atoms with van der Waals surface area (Å²) in [5.74, 6) is -0.362. The number of hydrogen-bond acceptors (Lipinski definition) is 5. The maximum absolute atomic E-state index is 12.0. The highest BCUT2D eigenvalue weighted by molar-refractivity contribution is 5.79. The molecule has 0 aliphatic heterocycles. The summed E-state index contributed by atoms with van der Waals surface area (Å²) in [5, 5.41) is 9.98. The van der Waals surface area contributed by atoms with Crippen LogP contribution < -0.4 is 11.1 Å². The van der Waals surface area contributed by atoms with E-state index in [0.717, 1.165) is 24.9 Å². The lowest BCUT2D eigenvalue weighted by atomic mass is 9.96. The number of benzene rings is 1. The van der Waals surface area contributed by atoms with E-state index in [1.165, 1.54) is 6.21 Å². The number of hydrogen-bond donors (Lipinski definition) is 3. The summed E-state index contributed by atoms with van der Waals surface area (Å²) in [6, 6.07) is 9.56. The van der Waals surface area contributed by atoms with Gasteiger partial charge in [-0.3, -0.25) is 4.79 Å². The highest BCUT2D eigenvalue weighted by Gasteiger charge is 2.29. The molecule has 0 fully saturated rings. The number of nitrogens with one attached hydrogen (secondary N) is 2. The number of carbonyl (C=O) groups excluding carboxylic acids is 1. The van der Waals surface area contributed by atoms with Crippen molar-refractivity contribution in [2.45, 2.75) is 38.3 Å². The Labute approximate surface area is 126 Å². The molecule has 5 heteroatoms. The van der Waals surface area contributed by atoms with Gasteiger partial charge in [0.25, 0.3) is 0 Å². The lowest BCUT2D eigenvalue weighted by Crippen LogP contribution is -2.46. The second-order valence-electron chi connectivity index (χ2n) is 5.34. The van der Waals surface area contributed by atoms with Crippen molar-refractivity contribution in [3.63, 3.8) is 0 Å². The van der Waals surface area contributed by atoms with Crippen LogP contribution in [0.5, 0.6) is 0 Å². The molecular weight excluding hydrogens is 266 g/mol. The Kier molecular flexibility index (Phi) is 7.64. The van der Waals surface area contributed by atoms with Crippen molar-refractivity contribution < 1.29 is 9.53 Å². The normalized spacial score (nSPS) is 13.4. The Bertz CT molecular complexity index is 432. The minimum atomic E-state index is -0.948. The van der Waals surface area contributed by atoms with Crippen LogP contribution in [0.3, 0.4) is 0 Å². The Morgan fingerprint density at radius 1 is 1.38 bits per heavy atom.